The lowest BCUT2D eigenvalue weighted by atomic mass is 10.1. The molecular formula is C14H19N3O. The smallest absolute Gasteiger partial charge is 0.0843 e. The van der Waals surface area contributed by atoms with Gasteiger partial charge in [0.1, 0.15) is 0 Å². The van der Waals surface area contributed by atoms with Gasteiger partial charge in [0.15, 0.2) is 0 Å². The third-order valence-corrected chi connectivity index (χ3v) is 3.84. The molecule has 2 aromatic rings. The fourth-order valence-electron chi connectivity index (χ4n) is 2.82. The fourth-order valence-corrected chi connectivity index (χ4v) is 2.82. The van der Waals surface area contributed by atoms with Gasteiger partial charge in [-0.3, -0.25) is 9.58 Å². The number of hydrogen-bond donors (Lipinski definition) is 1. The summed E-state index contributed by atoms with van der Waals surface area (Å²) in [6, 6.07) is 8.35. The summed E-state index contributed by atoms with van der Waals surface area (Å²) in [7, 11) is 1.99. The Morgan fingerprint density at radius 2 is 2.22 bits per heavy atom. The second kappa shape index (κ2) is 4.71. The van der Waals surface area contributed by atoms with Gasteiger partial charge in [0.25, 0.3) is 0 Å². The molecule has 96 valence electrons. The second-order valence-electron chi connectivity index (χ2n) is 5.16. The summed E-state index contributed by atoms with van der Waals surface area (Å²) in [5.74, 6) is 0.444. The van der Waals surface area contributed by atoms with Crippen LogP contribution >= 0.6 is 0 Å². The van der Waals surface area contributed by atoms with Crippen LogP contribution in [0.5, 0.6) is 0 Å². The highest BCUT2D eigenvalue weighted by Crippen LogP contribution is 2.22. The van der Waals surface area contributed by atoms with E-state index in [0.29, 0.717) is 12.5 Å². The van der Waals surface area contributed by atoms with Gasteiger partial charge in [-0.05, 0) is 24.9 Å². The maximum absolute atomic E-state index is 9.18. The maximum atomic E-state index is 9.18. The first kappa shape index (κ1) is 11.7. The summed E-state index contributed by atoms with van der Waals surface area (Å²) in [4.78, 5) is 2.38. The van der Waals surface area contributed by atoms with Crippen LogP contribution in [-0.2, 0) is 13.6 Å². The van der Waals surface area contributed by atoms with Crippen molar-refractivity contribution in [3.63, 3.8) is 0 Å². The molecule has 1 aromatic heterocycles. The molecule has 0 spiro atoms. The van der Waals surface area contributed by atoms with Gasteiger partial charge in [-0.1, -0.05) is 18.2 Å². The lowest BCUT2D eigenvalue weighted by Gasteiger charge is -2.13. The van der Waals surface area contributed by atoms with E-state index in [1.165, 1.54) is 10.9 Å². The molecule has 0 saturated carbocycles. The maximum Gasteiger partial charge on any atom is 0.0843 e. The van der Waals surface area contributed by atoms with E-state index in [-0.39, 0.29) is 0 Å². The number of nitrogens with zero attached hydrogens (tertiary/aromatic N) is 3. The molecule has 1 atom stereocenters. The molecule has 0 amide bonds. The highest BCUT2D eigenvalue weighted by atomic mass is 16.3. The number of aryl methyl sites for hydroxylation is 1. The highest BCUT2D eigenvalue weighted by Gasteiger charge is 2.23. The quantitative estimate of drug-likeness (QED) is 0.888. The molecule has 3 rings (SSSR count). The molecular weight excluding hydrogens is 226 g/mol. The standard InChI is InChI=1S/C14H19N3O/c1-16-14-5-3-2-4-12(14)13(15-16)9-17-7-6-11(8-17)10-18/h2-5,11,18H,6-10H2,1H3. The number of hydrogen-bond acceptors (Lipinski definition) is 3. The molecule has 1 saturated heterocycles. The largest absolute Gasteiger partial charge is 0.396 e. The third-order valence-electron chi connectivity index (χ3n) is 3.84. The Morgan fingerprint density at radius 3 is 3.00 bits per heavy atom. The lowest BCUT2D eigenvalue weighted by molar-refractivity contribution is 0.219. The average Bonchev–Trinajstić information content (AvgIpc) is 2.97. The number of para-hydroxylation sites is 1. The first-order chi connectivity index (χ1) is 8.78. The number of fused-ring (bicyclic) bond motifs is 1. The molecule has 1 fully saturated rings. The lowest BCUT2D eigenvalue weighted by Crippen LogP contribution is -2.21. The van der Waals surface area contributed by atoms with Crippen LogP contribution in [0.2, 0.25) is 0 Å². The van der Waals surface area contributed by atoms with Crippen molar-refractivity contribution < 1.29 is 5.11 Å². The van der Waals surface area contributed by atoms with Gasteiger partial charge in [-0.2, -0.15) is 5.10 Å². The van der Waals surface area contributed by atoms with Crippen LogP contribution in [0.4, 0.5) is 0 Å². The number of aliphatic hydroxyl groups excluding tert-OH is 1. The van der Waals surface area contributed by atoms with Gasteiger partial charge in [-0.15, -0.1) is 0 Å². The van der Waals surface area contributed by atoms with Gasteiger partial charge < -0.3 is 5.11 Å². The van der Waals surface area contributed by atoms with E-state index in [1.54, 1.807) is 0 Å². The molecule has 1 aromatic carbocycles. The summed E-state index contributed by atoms with van der Waals surface area (Å²) in [5, 5.41) is 15.0. The van der Waals surface area contributed by atoms with Crippen molar-refractivity contribution in [1.82, 2.24) is 14.7 Å². The molecule has 1 aliphatic heterocycles. The number of rotatable bonds is 3. The summed E-state index contributed by atoms with van der Waals surface area (Å²) < 4.78 is 1.95. The Hall–Kier alpha value is -1.39. The molecule has 1 aliphatic rings. The summed E-state index contributed by atoms with van der Waals surface area (Å²) in [5.41, 5.74) is 2.33. The Morgan fingerprint density at radius 1 is 1.39 bits per heavy atom. The van der Waals surface area contributed by atoms with Gasteiger partial charge in [0.2, 0.25) is 0 Å². The number of aliphatic hydroxyl groups is 1. The summed E-state index contributed by atoms with van der Waals surface area (Å²) >= 11 is 0. The van der Waals surface area contributed by atoms with Crippen molar-refractivity contribution in [3.8, 4) is 0 Å². The van der Waals surface area contributed by atoms with Crippen LogP contribution in [0.25, 0.3) is 10.9 Å². The molecule has 2 heterocycles. The van der Waals surface area contributed by atoms with Crippen LogP contribution in [-0.4, -0.2) is 39.5 Å². The zero-order valence-corrected chi connectivity index (χ0v) is 10.7. The summed E-state index contributed by atoms with van der Waals surface area (Å²) in [6.45, 7) is 3.24. The molecule has 1 unspecified atom stereocenters. The van der Waals surface area contributed by atoms with Gasteiger partial charge in [0.05, 0.1) is 11.2 Å². The fraction of sp³-hybridized carbons (Fsp3) is 0.500. The average molecular weight is 245 g/mol. The number of likely N-dealkylation sites (tertiary alicyclic amines) is 1. The molecule has 18 heavy (non-hydrogen) atoms. The van der Waals surface area contributed by atoms with Crippen molar-refractivity contribution >= 4 is 10.9 Å². The van der Waals surface area contributed by atoms with Gasteiger partial charge in [0, 0.05) is 32.1 Å². The van der Waals surface area contributed by atoms with E-state index in [4.69, 9.17) is 0 Å². The minimum absolute atomic E-state index is 0.305. The minimum Gasteiger partial charge on any atom is -0.396 e. The van der Waals surface area contributed by atoms with E-state index >= 15 is 0 Å². The Bertz CT molecular complexity index is 549. The molecule has 4 heteroatoms. The SMILES string of the molecule is Cn1nc(CN2CCC(CO)C2)c2ccccc21. The van der Waals surface area contributed by atoms with Crippen LogP contribution in [0.1, 0.15) is 12.1 Å². The Kier molecular flexibility index (Phi) is 3.06. The molecule has 1 N–H and O–H groups in total. The second-order valence-corrected chi connectivity index (χ2v) is 5.16. The predicted octanol–water partition coefficient (Wildman–Crippen LogP) is 1.39. The zero-order valence-electron chi connectivity index (χ0n) is 10.7. The van der Waals surface area contributed by atoms with Crippen LogP contribution < -0.4 is 0 Å². The van der Waals surface area contributed by atoms with E-state index in [1.807, 2.05) is 17.8 Å². The van der Waals surface area contributed by atoms with Crippen molar-refractivity contribution in [2.24, 2.45) is 13.0 Å². The van der Waals surface area contributed by atoms with Crippen molar-refractivity contribution in [2.45, 2.75) is 13.0 Å². The topological polar surface area (TPSA) is 41.3 Å². The van der Waals surface area contributed by atoms with E-state index in [2.05, 4.69) is 28.2 Å². The van der Waals surface area contributed by atoms with Crippen LogP contribution in [0.3, 0.4) is 0 Å². The van der Waals surface area contributed by atoms with Gasteiger partial charge in [-0.25, -0.2) is 0 Å². The molecule has 4 nitrogen and oxygen atoms in total. The monoisotopic (exact) mass is 245 g/mol. The number of aromatic nitrogens is 2. The molecule has 0 bridgehead atoms. The predicted molar refractivity (Wildman–Crippen MR) is 71.2 cm³/mol. The number of benzene rings is 1. The zero-order chi connectivity index (χ0) is 12.5. The Balaban J connectivity index is 1.83. The summed E-state index contributed by atoms with van der Waals surface area (Å²) in [6.07, 6.45) is 1.10. The first-order valence-electron chi connectivity index (χ1n) is 6.51. The van der Waals surface area contributed by atoms with E-state index in [9.17, 15) is 5.11 Å². The van der Waals surface area contributed by atoms with Gasteiger partial charge >= 0.3 is 0 Å². The van der Waals surface area contributed by atoms with E-state index in [0.717, 1.165) is 31.7 Å². The normalized spacial score (nSPS) is 20.9. The van der Waals surface area contributed by atoms with Crippen molar-refractivity contribution in [3.05, 3.63) is 30.0 Å². The minimum atomic E-state index is 0.305. The van der Waals surface area contributed by atoms with Crippen molar-refractivity contribution in [1.29, 1.82) is 0 Å². The van der Waals surface area contributed by atoms with Crippen LogP contribution in [0.15, 0.2) is 24.3 Å². The Labute approximate surface area is 107 Å². The first-order valence-corrected chi connectivity index (χ1v) is 6.51. The van der Waals surface area contributed by atoms with E-state index < -0.39 is 0 Å². The molecule has 0 aliphatic carbocycles. The van der Waals surface area contributed by atoms with Crippen LogP contribution in [0, 0.1) is 5.92 Å². The van der Waals surface area contributed by atoms with Crippen molar-refractivity contribution in [2.75, 3.05) is 19.7 Å². The third kappa shape index (κ3) is 2.02. The highest BCUT2D eigenvalue weighted by molar-refractivity contribution is 5.81. The molecule has 0 radical (unpaired) electrons.